The van der Waals surface area contributed by atoms with Crippen molar-refractivity contribution >= 4 is 17.4 Å². The van der Waals surface area contributed by atoms with E-state index in [2.05, 4.69) is 20.1 Å². The second kappa shape index (κ2) is 8.18. The van der Waals surface area contributed by atoms with Gasteiger partial charge < -0.3 is 5.73 Å². The van der Waals surface area contributed by atoms with E-state index < -0.39 is 17.6 Å². The molecule has 0 aliphatic carbocycles. The third-order valence-corrected chi connectivity index (χ3v) is 4.72. The Morgan fingerprint density at radius 1 is 1.23 bits per heavy atom. The van der Waals surface area contributed by atoms with Crippen molar-refractivity contribution in [3.05, 3.63) is 63.3 Å². The number of nitrogens with one attached hydrogen (secondary N) is 1. The largest absolute Gasteiger partial charge is 0.433 e. The molecule has 0 bridgehead atoms. The molecule has 0 atom stereocenters. The van der Waals surface area contributed by atoms with Crippen molar-refractivity contribution < 1.29 is 13.2 Å². The van der Waals surface area contributed by atoms with Crippen LogP contribution in [0.15, 0.2) is 46.3 Å². The first-order chi connectivity index (χ1) is 14.4. The van der Waals surface area contributed by atoms with Crippen molar-refractivity contribution in [3.63, 3.8) is 0 Å². The van der Waals surface area contributed by atoms with Gasteiger partial charge >= 0.3 is 11.9 Å². The number of aromatic amines is 1. The van der Waals surface area contributed by atoms with Crippen LogP contribution in [0.1, 0.15) is 32.0 Å². The minimum atomic E-state index is -4.58. The summed E-state index contributed by atoms with van der Waals surface area (Å²) in [5.74, 6) is 0.654. The van der Waals surface area contributed by atoms with Gasteiger partial charge in [-0.25, -0.2) is 9.78 Å². The Morgan fingerprint density at radius 2 is 1.94 bits per heavy atom. The van der Waals surface area contributed by atoms with Gasteiger partial charge in [-0.15, -0.1) is 5.10 Å². The molecular weight excluding hydrogens is 433 g/mol. The van der Waals surface area contributed by atoms with E-state index in [1.807, 2.05) is 20.8 Å². The van der Waals surface area contributed by atoms with Gasteiger partial charge in [0.25, 0.3) is 0 Å². The van der Waals surface area contributed by atoms with Crippen molar-refractivity contribution in [2.45, 2.75) is 33.5 Å². The third-order valence-electron chi connectivity index (χ3n) is 4.39. The average molecular weight is 453 g/mol. The lowest BCUT2D eigenvalue weighted by atomic mass is 9.95. The lowest BCUT2D eigenvalue weighted by Gasteiger charge is -2.17. The van der Waals surface area contributed by atoms with Crippen LogP contribution in [0.5, 0.6) is 0 Å². The molecule has 1 aromatic carbocycles. The molecule has 31 heavy (non-hydrogen) atoms. The first-order valence-corrected chi connectivity index (χ1v) is 9.56. The molecule has 11 heteroatoms. The quantitative estimate of drug-likeness (QED) is 0.457. The number of H-pyrrole nitrogens is 1. The number of pyridine rings is 1. The first kappa shape index (κ1) is 22.5. The first-order valence-electron chi connectivity index (χ1n) is 9.18. The molecule has 2 heterocycles. The second-order valence-corrected chi connectivity index (χ2v) is 8.26. The van der Waals surface area contributed by atoms with Crippen LogP contribution in [-0.4, -0.2) is 25.6 Å². The smallest absolute Gasteiger partial charge is 0.387 e. The zero-order valence-corrected chi connectivity index (χ0v) is 17.7. The number of halogens is 4. The lowest BCUT2D eigenvalue weighted by molar-refractivity contribution is -0.141. The lowest BCUT2D eigenvalue weighted by Crippen LogP contribution is -2.28. The van der Waals surface area contributed by atoms with Crippen LogP contribution in [0.4, 0.5) is 13.2 Å². The van der Waals surface area contributed by atoms with Crippen LogP contribution in [0.2, 0.25) is 5.02 Å². The Labute approximate surface area is 180 Å². The highest BCUT2D eigenvalue weighted by Gasteiger charge is 2.32. The predicted octanol–water partition coefficient (Wildman–Crippen LogP) is 4.20. The topological polar surface area (TPSA) is 102 Å². The molecular formula is C20H20ClF3N6O. The van der Waals surface area contributed by atoms with Crippen LogP contribution >= 0.6 is 11.6 Å². The van der Waals surface area contributed by atoms with Crippen molar-refractivity contribution in [1.82, 2.24) is 19.7 Å². The molecule has 0 aliphatic heterocycles. The summed E-state index contributed by atoms with van der Waals surface area (Å²) in [6.07, 6.45) is -3.65. The molecule has 0 unspecified atom stereocenters. The van der Waals surface area contributed by atoms with E-state index in [1.54, 1.807) is 18.2 Å². The van der Waals surface area contributed by atoms with E-state index in [-0.39, 0.29) is 16.9 Å². The molecule has 7 nitrogen and oxygen atoms in total. The van der Waals surface area contributed by atoms with Gasteiger partial charge in [0.05, 0.1) is 29.3 Å². The van der Waals surface area contributed by atoms with Crippen molar-refractivity contribution in [2.75, 3.05) is 0 Å². The number of aliphatic imine (C=N–C) groups is 1. The molecule has 3 rings (SSSR count). The van der Waals surface area contributed by atoms with Crippen molar-refractivity contribution in [2.24, 2.45) is 16.1 Å². The summed E-state index contributed by atoms with van der Waals surface area (Å²) in [7, 11) is 0. The molecule has 3 N–H and O–H groups in total. The fourth-order valence-electron chi connectivity index (χ4n) is 2.57. The van der Waals surface area contributed by atoms with Gasteiger partial charge in [-0.2, -0.15) is 17.9 Å². The zero-order chi connectivity index (χ0) is 23.0. The summed E-state index contributed by atoms with van der Waals surface area (Å²) in [6, 6.07) is 7.03. The molecule has 0 saturated carbocycles. The average Bonchev–Trinajstić information content (AvgIpc) is 3.07. The molecule has 2 aromatic heterocycles. The molecule has 0 spiro atoms. The van der Waals surface area contributed by atoms with Crippen LogP contribution in [0.3, 0.4) is 0 Å². The van der Waals surface area contributed by atoms with Crippen LogP contribution in [-0.2, 0) is 12.7 Å². The maximum Gasteiger partial charge on any atom is 0.433 e. The van der Waals surface area contributed by atoms with Gasteiger partial charge in [-0.3, -0.25) is 9.98 Å². The summed E-state index contributed by atoms with van der Waals surface area (Å²) in [5.41, 5.74) is 5.32. The highest BCUT2D eigenvalue weighted by molar-refractivity contribution is 6.33. The number of rotatable bonds is 4. The summed E-state index contributed by atoms with van der Waals surface area (Å²) in [4.78, 5) is 22.6. The number of aromatic nitrogens is 4. The minimum Gasteiger partial charge on any atom is -0.387 e. The number of alkyl halides is 3. The summed E-state index contributed by atoms with van der Waals surface area (Å²) < 4.78 is 39.0. The van der Waals surface area contributed by atoms with Crippen molar-refractivity contribution in [3.8, 4) is 17.1 Å². The number of nitrogens with zero attached hydrogens (tertiary/aromatic N) is 4. The highest BCUT2D eigenvalue weighted by atomic mass is 35.5. The van der Waals surface area contributed by atoms with E-state index in [0.717, 1.165) is 28.6 Å². The fraction of sp³-hybridized carbons (Fsp3) is 0.300. The molecule has 0 fully saturated rings. The fourth-order valence-corrected chi connectivity index (χ4v) is 2.77. The Morgan fingerprint density at radius 3 is 2.52 bits per heavy atom. The number of amidine groups is 1. The summed E-state index contributed by atoms with van der Waals surface area (Å²) >= 11 is 6.28. The minimum absolute atomic E-state index is 0.0790. The number of hydrogen-bond acceptors (Lipinski definition) is 4. The maximum atomic E-state index is 12.7. The van der Waals surface area contributed by atoms with Gasteiger partial charge in [-0.05, 0) is 29.8 Å². The highest BCUT2D eigenvalue weighted by Crippen LogP contribution is 2.28. The molecule has 0 amide bonds. The van der Waals surface area contributed by atoms with E-state index in [0.29, 0.717) is 23.0 Å². The van der Waals surface area contributed by atoms with Gasteiger partial charge in [0.2, 0.25) is 0 Å². The second-order valence-electron chi connectivity index (χ2n) is 7.86. The van der Waals surface area contributed by atoms with Crippen LogP contribution in [0, 0.1) is 5.41 Å². The number of benzene rings is 1. The van der Waals surface area contributed by atoms with Crippen LogP contribution in [0.25, 0.3) is 17.1 Å². The number of nitrogens with two attached hydrogens (primary N) is 1. The van der Waals surface area contributed by atoms with Crippen LogP contribution < -0.4 is 11.4 Å². The van der Waals surface area contributed by atoms with E-state index in [4.69, 9.17) is 17.3 Å². The summed E-state index contributed by atoms with van der Waals surface area (Å²) in [5, 5.41) is 4.50. The van der Waals surface area contributed by atoms with Crippen molar-refractivity contribution in [1.29, 1.82) is 0 Å². The molecule has 0 radical (unpaired) electrons. The monoisotopic (exact) mass is 452 g/mol. The van der Waals surface area contributed by atoms with Gasteiger partial charge in [-0.1, -0.05) is 38.4 Å². The standard InChI is InChI=1S/C20H20ClF3N6O/c1-19(2,3)17(25)27-9-11-4-6-14(21)13(8-11)16-28-18(31)30(29-16)12-5-7-15(26-10-12)20(22,23)24/h4-8,10H,9H2,1-3H3,(H2,25,27)(H,28,29,31). The Balaban J connectivity index is 1.93. The Hall–Kier alpha value is -3.14. The van der Waals surface area contributed by atoms with E-state index >= 15 is 0 Å². The molecule has 0 saturated heterocycles. The van der Waals surface area contributed by atoms with Gasteiger partial charge in [0, 0.05) is 11.0 Å². The predicted molar refractivity (Wildman–Crippen MR) is 112 cm³/mol. The van der Waals surface area contributed by atoms with E-state index in [9.17, 15) is 18.0 Å². The zero-order valence-electron chi connectivity index (χ0n) is 17.0. The normalized spacial score (nSPS) is 12.9. The molecule has 164 valence electrons. The molecule has 0 aliphatic rings. The van der Waals surface area contributed by atoms with Gasteiger partial charge in [0.15, 0.2) is 5.82 Å². The van der Waals surface area contributed by atoms with Gasteiger partial charge in [0.1, 0.15) is 5.69 Å². The third kappa shape index (κ3) is 5.13. The summed E-state index contributed by atoms with van der Waals surface area (Å²) in [6.45, 7) is 6.16. The Kier molecular flexibility index (Phi) is 5.95. The Bertz CT molecular complexity index is 1170. The molecule has 3 aromatic rings. The number of hydrogen-bond donors (Lipinski definition) is 2. The van der Waals surface area contributed by atoms with E-state index in [1.165, 1.54) is 0 Å². The SMILES string of the molecule is CC(C)(C)C(N)=NCc1ccc(Cl)c(-c2nn(-c3ccc(C(F)(F)F)nc3)c(=O)[nH]2)c1. The maximum absolute atomic E-state index is 12.7.